The molecule has 1 fully saturated rings. The van der Waals surface area contributed by atoms with Gasteiger partial charge >= 0.3 is 0 Å². The van der Waals surface area contributed by atoms with Crippen LogP contribution in [0.25, 0.3) is 0 Å². The number of para-hydroxylation sites is 1. The van der Waals surface area contributed by atoms with Crippen LogP contribution in [0.4, 0.5) is 0 Å². The third-order valence-corrected chi connectivity index (χ3v) is 4.73. The summed E-state index contributed by atoms with van der Waals surface area (Å²) >= 11 is 0. The van der Waals surface area contributed by atoms with Crippen molar-refractivity contribution >= 4 is 11.9 Å². The van der Waals surface area contributed by atoms with Gasteiger partial charge < -0.3 is 25.0 Å². The van der Waals surface area contributed by atoms with Crippen molar-refractivity contribution < 1.29 is 14.3 Å². The summed E-state index contributed by atoms with van der Waals surface area (Å²) in [6, 6.07) is 7.94. The molecular weight excluding hydrogens is 382 g/mol. The second-order valence-corrected chi connectivity index (χ2v) is 6.98. The molecule has 166 valence electrons. The van der Waals surface area contributed by atoms with Gasteiger partial charge in [-0.25, -0.2) is 4.99 Å². The number of nitrogens with one attached hydrogen (secondary N) is 2. The first-order valence-corrected chi connectivity index (χ1v) is 10.5. The van der Waals surface area contributed by atoms with Crippen molar-refractivity contribution in [2.24, 2.45) is 4.99 Å². The number of amides is 1. The molecule has 1 aliphatic heterocycles. The van der Waals surface area contributed by atoms with Gasteiger partial charge in [-0.1, -0.05) is 30.9 Å². The van der Waals surface area contributed by atoms with E-state index in [2.05, 4.69) is 33.9 Å². The van der Waals surface area contributed by atoms with Crippen molar-refractivity contribution in [2.75, 3.05) is 66.1 Å². The first-order chi connectivity index (χ1) is 14.7. The van der Waals surface area contributed by atoms with E-state index in [1.165, 1.54) is 0 Å². The molecule has 1 aromatic carbocycles. The highest BCUT2D eigenvalue weighted by Gasteiger charge is 2.21. The lowest BCUT2D eigenvalue weighted by Crippen LogP contribution is -2.54. The van der Waals surface area contributed by atoms with E-state index >= 15 is 0 Å². The molecule has 2 rings (SSSR count). The maximum Gasteiger partial charge on any atom is 0.234 e. The van der Waals surface area contributed by atoms with Crippen LogP contribution in [0.1, 0.15) is 12.5 Å². The van der Waals surface area contributed by atoms with Gasteiger partial charge in [0.2, 0.25) is 5.91 Å². The van der Waals surface area contributed by atoms with Crippen molar-refractivity contribution in [1.29, 1.82) is 0 Å². The topological polar surface area (TPSA) is 78.4 Å². The quantitative estimate of drug-likeness (QED) is 0.243. The van der Waals surface area contributed by atoms with Crippen molar-refractivity contribution in [3.63, 3.8) is 0 Å². The molecule has 1 aromatic rings. The van der Waals surface area contributed by atoms with Crippen LogP contribution in [0, 0.1) is 0 Å². The highest BCUT2D eigenvalue weighted by atomic mass is 16.5. The molecule has 1 saturated heterocycles. The molecule has 0 atom stereocenters. The van der Waals surface area contributed by atoms with E-state index in [4.69, 9.17) is 14.5 Å². The van der Waals surface area contributed by atoms with E-state index in [1.54, 1.807) is 13.2 Å². The average molecular weight is 418 g/mol. The maximum absolute atomic E-state index is 12.0. The first-order valence-electron chi connectivity index (χ1n) is 10.5. The van der Waals surface area contributed by atoms with Crippen molar-refractivity contribution in [3.8, 4) is 5.75 Å². The van der Waals surface area contributed by atoms with E-state index in [1.807, 2.05) is 24.3 Å². The minimum Gasteiger partial charge on any atom is -0.489 e. The molecule has 0 bridgehead atoms. The highest BCUT2D eigenvalue weighted by molar-refractivity contribution is 5.80. The van der Waals surface area contributed by atoms with Crippen LogP contribution in [0.3, 0.4) is 0 Å². The molecule has 1 aliphatic rings. The van der Waals surface area contributed by atoms with Crippen molar-refractivity contribution in [1.82, 2.24) is 20.4 Å². The second kappa shape index (κ2) is 13.6. The fourth-order valence-corrected chi connectivity index (χ4v) is 3.18. The predicted octanol–water partition coefficient (Wildman–Crippen LogP) is 1.10. The summed E-state index contributed by atoms with van der Waals surface area (Å²) in [7, 11) is 1.63. The zero-order valence-electron chi connectivity index (χ0n) is 18.2. The van der Waals surface area contributed by atoms with Crippen LogP contribution in [0.15, 0.2) is 41.9 Å². The molecule has 1 heterocycles. The summed E-state index contributed by atoms with van der Waals surface area (Å²) < 4.78 is 10.7. The lowest BCUT2D eigenvalue weighted by molar-refractivity contribution is -0.122. The number of nitrogens with zero attached hydrogens (tertiary/aromatic N) is 3. The van der Waals surface area contributed by atoms with E-state index in [0.29, 0.717) is 32.8 Å². The lowest BCUT2D eigenvalue weighted by Gasteiger charge is -2.36. The zero-order valence-corrected chi connectivity index (χ0v) is 18.2. The molecule has 0 aromatic heterocycles. The van der Waals surface area contributed by atoms with E-state index in [9.17, 15) is 4.79 Å². The van der Waals surface area contributed by atoms with E-state index in [-0.39, 0.29) is 5.91 Å². The summed E-state index contributed by atoms with van der Waals surface area (Å²) in [5, 5.41) is 6.25. The summed E-state index contributed by atoms with van der Waals surface area (Å²) in [5.74, 6) is 1.76. The zero-order chi connectivity index (χ0) is 21.6. The Morgan fingerprint density at radius 3 is 2.70 bits per heavy atom. The molecule has 0 radical (unpaired) electrons. The first kappa shape index (κ1) is 23.7. The van der Waals surface area contributed by atoms with E-state index < -0.39 is 0 Å². The number of benzene rings is 1. The van der Waals surface area contributed by atoms with Gasteiger partial charge in [-0.2, -0.15) is 0 Å². The number of piperazine rings is 1. The third-order valence-electron chi connectivity index (χ3n) is 4.73. The molecular formula is C22H35N5O3. The van der Waals surface area contributed by atoms with Crippen molar-refractivity contribution in [3.05, 3.63) is 42.5 Å². The number of hydrogen-bond donors (Lipinski definition) is 2. The Kier molecular flexibility index (Phi) is 10.7. The number of methoxy groups -OCH3 is 1. The molecule has 2 N–H and O–H groups in total. The van der Waals surface area contributed by atoms with Gasteiger partial charge in [-0.3, -0.25) is 9.69 Å². The Labute approximate surface area is 179 Å². The SMILES string of the molecule is C=CCOc1ccccc1CN=C(NCC)N1CCN(CC(=O)NCCOC)CC1. The number of hydrogen-bond acceptors (Lipinski definition) is 5. The minimum atomic E-state index is 0.0391. The van der Waals surface area contributed by atoms with Crippen LogP contribution in [-0.2, 0) is 16.1 Å². The smallest absolute Gasteiger partial charge is 0.234 e. The second-order valence-electron chi connectivity index (χ2n) is 6.98. The van der Waals surface area contributed by atoms with Gasteiger partial charge in [0.05, 0.1) is 19.7 Å². The summed E-state index contributed by atoms with van der Waals surface area (Å²) in [6.07, 6.45) is 1.74. The normalized spacial score (nSPS) is 15.0. The average Bonchev–Trinajstić information content (AvgIpc) is 2.76. The lowest BCUT2D eigenvalue weighted by atomic mass is 10.2. The fourth-order valence-electron chi connectivity index (χ4n) is 3.18. The number of rotatable bonds is 11. The molecule has 8 nitrogen and oxygen atoms in total. The van der Waals surface area contributed by atoms with Gasteiger partial charge in [0.25, 0.3) is 0 Å². The number of carbonyl (C=O) groups is 1. The number of carbonyl (C=O) groups excluding carboxylic acids is 1. The molecule has 0 spiro atoms. The van der Waals surface area contributed by atoms with Crippen LogP contribution in [-0.4, -0.2) is 87.8 Å². The van der Waals surface area contributed by atoms with Gasteiger partial charge in [0.1, 0.15) is 12.4 Å². The molecule has 30 heavy (non-hydrogen) atoms. The van der Waals surface area contributed by atoms with Gasteiger partial charge in [-0.15, -0.1) is 0 Å². The standard InChI is InChI=1S/C22H35N5O3/c1-4-15-30-20-9-7-6-8-19(20)17-25-22(23-5-2)27-13-11-26(12-14-27)18-21(28)24-10-16-29-3/h4,6-9H,1,5,10-18H2,2-3H3,(H,23,25)(H,24,28). The Morgan fingerprint density at radius 2 is 2.00 bits per heavy atom. The summed E-state index contributed by atoms with van der Waals surface area (Å²) in [4.78, 5) is 21.2. The number of guanidine groups is 1. The van der Waals surface area contributed by atoms with Gasteiger partial charge in [0.15, 0.2) is 5.96 Å². The Hall–Kier alpha value is -2.58. The summed E-state index contributed by atoms with van der Waals surface area (Å²) in [5.41, 5.74) is 1.04. The fraction of sp³-hybridized carbons (Fsp3) is 0.545. The van der Waals surface area contributed by atoms with Crippen LogP contribution in [0.5, 0.6) is 5.75 Å². The Balaban J connectivity index is 1.90. The van der Waals surface area contributed by atoms with Crippen LogP contribution < -0.4 is 15.4 Å². The van der Waals surface area contributed by atoms with E-state index in [0.717, 1.165) is 50.0 Å². The molecule has 0 unspecified atom stereocenters. The van der Waals surface area contributed by atoms with Gasteiger partial charge in [-0.05, 0) is 13.0 Å². The summed E-state index contributed by atoms with van der Waals surface area (Å²) in [6.45, 7) is 12.4. The number of aliphatic imine (C=N–C) groups is 1. The third kappa shape index (κ3) is 8.04. The minimum absolute atomic E-state index is 0.0391. The van der Waals surface area contributed by atoms with Crippen LogP contribution >= 0.6 is 0 Å². The molecule has 1 amide bonds. The van der Waals surface area contributed by atoms with Gasteiger partial charge in [0, 0.05) is 51.9 Å². The number of ether oxygens (including phenoxy) is 2. The molecule has 0 aliphatic carbocycles. The largest absolute Gasteiger partial charge is 0.489 e. The Bertz CT molecular complexity index is 687. The van der Waals surface area contributed by atoms with Crippen LogP contribution in [0.2, 0.25) is 0 Å². The monoisotopic (exact) mass is 417 g/mol. The molecule has 8 heteroatoms. The highest BCUT2D eigenvalue weighted by Crippen LogP contribution is 2.19. The molecule has 0 saturated carbocycles. The predicted molar refractivity (Wildman–Crippen MR) is 120 cm³/mol. The maximum atomic E-state index is 12.0. The Morgan fingerprint density at radius 1 is 1.23 bits per heavy atom. The van der Waals surface area contributed by atoms with Crippen molar-refractivity contribution in [2.45, 2.75) is 13.5 Å².